The third-order valence-corrected chi connectivity index (χ3v) is 7.89. The molecule has 0 saturated carbocycles. The van der Waals surface area contributed by atoms with Gasteiger partial charge in [-0.15, -0.1) is 0 Å². The molecule has 8 heteroatoms. The average molecular weight is 409 g/mol. The highest BCUT2D eigenvalue weighted by molar-refractivity contribution is 8.13. The molecule has 1 rings (SSSR count). The van der Waals surface area contributed by atoms with Crippen LogP contribution in [0.3, 0.4) is 0 Å². The molecular weight excluding hydrogens is 380 g/mol. The quantitative estimate of drug-likeness (QED) is 0.425. The second kappa shape index (κ2) is 9.48. The highest BCUT2D eigenvalue weighted by Gasteiger charge is 2.43. The lowest BCUT2D eigenvalue weighted by atomic mass is 10.2. The Hall–Kier alpha value is -0.443. The Morgan fingerprint density at radius 2 is 1.28 bits per heavy atom. The van der Waals surface area contributed by atoms with Crippen molar-refractivity contribution in [1.29, 1.82) is 0 Å². The van der Waals surface area contributed by atoms with Gasteiger partial charge in [0.2, 0.25) is 0 Å². The van der Waals surface area contributed by atoms with E-state index >= 15 is 0 Å². The first-order valence-corrected chi connectivity index (χ1v) is 12.7. The van der Waals surface area contributed by atoms with Crippen molar-refractivity contribution < 1.29 is 21.7 Å². The molecule has 0 saturated heterocycles. The van der Waals surface area contributed by atoms with Crippen LogP contribution in [0.25, 0.3) is 0 Å². The molecular formula is C17H29ClO5SSi. The molecule has 0 aliphatic carbocycles. The van der Waals surface area contributed by atoms with Crippen LogP contribution >= 0.6 is 10.7 Å². The first-order chi connectivity index (χ1) is 11.4. The summed E-state index contributed by atoms with van der Waals surface area (Å²) in [5, 5.41) is 0. The van der Waals surface area contributed by atoms with Crippen LogP contribution in [0, 0.1) is 0 Å². The van der Waals surface area contributed by atoms with Gasteiger partial charge >= 0.3 is 8.80 Å². The second-order valence-corrected chi connectivity index (χ2v) is 11.9. The summed E-state index contributed by atoms with van der Waals surface area (Å²) in [4.78, 5) is 0.0942. The maximum atomic E-state index is 11.3. The van der Waals surface area contributed by atoms with Crippen LogP contribution in [-0.2, 0) is 28.7 Å². The van der Waals surface area contributed by atoms with Crippen LogP contribution in [0.4, 0.5) is 0 Å². The lowest BCUT2D eigenvalue weighted by molar-refractivity contribution is 0.00330. The summed E-state index contributed by atoms with van der Waals surface area (Å²) >= 11 is 0. The van der Waals surface area contributed by atoms with Crippen molar-refractivity contribution in [3.63, 3.8) is 0 Å². The Morgan fingerprint density at radius 1 is 0.880 bits per heavy atom. The van der Waals surface area contributed by atoms with E-state index in [0.29, 0.717) is 12.5 Å². The maximum absolute atomic E-state index is 11.3. The van der Waals surface area contributed by atoms with Crippen molar-refractivity contribution in [3.8, 4) is 0 Å². The fourth-order valence-electron chi connectivity index (χ4n) is 2.45. The summed E-state index contributed by atoms with van der Waals surface area (Å²) in [7, 11) is -1.21. The Bertz CT molecular complexity index is 602. The highest BCUT2D eigenvalue weighted by Crippen LogP contribution is 2.25. The number of aryl methyl sites for hydroxylation is 1. The van der Waals surface area contributed by atoms with Gasteiger partial charge in [-0.05, 0) is 65.7 Å². The number of benzene rings is 1. The zero-order valence-electron chi connectivity index (χ0n) is 15.8. The largest absolute Gasteiger partial charge is 0.501 e. The minimum atomic E-state index is -3.70. The summed E-state index contributed by atoms with van der Waals surface area (Å²) in [5.41, 5.74) is 0.980. The third-order valence-electron chi connectivity index (χ3n) is 3.17. The number of hydrogen-bond donors (Lipinski definition) is 0. The SMILES string of the molecule is CC(C)O[Si](CCc1ccc(S(=O)(=O)Cl)cc1)(OC(C)C)OC(C)C. The molecule has 0 radical (unpaired) electrons. The van der Waals surface area contributed by atoms with E-state index in [2.05, 4.69) is 0 Å². The minimum absolute atomic E-state index is 0.00654. The van der Waals surface area contributed by atoms with Gasteiger partial charge in [-0.1, -0.05) is 12.1 Å². The molecule has 0 N–H and O–H groups in total. The van der Waals surface area contributed by atoms with Crippen LogP contribution in [0.15, 0.2) is 29.2 Å². The van der Waals surface area contributed by atoms with E-state index in [1.165, 1.54) is 12.1 Å². The van der Waals surface area contributed by atoms with E-state index in [9.17, 15) is 8.42 Å². The standard InChI is InChI=1S/C17H29ClO5SSi/c1-13(2)21-25(22-14(3)4,23-15(5)6)12-11-16-7-9-17(10-8-16)24(18,19)20/h7-10,13-15H,11-12H2,1-6H3. The summed E-state index contributed by atoms with van der Waals surface area (Å²) in [6.45, 7) is 11.8. The van der Waals surface area contributed by atoms with Crippen molar-refractivity contribution in [2.24, 2.45) is 0 Å². The van der Waals surface area contributed by atoms with Crippen molar-refractivity contribution in [3.05, 3.63) is 29.8 Å². The molecule has 0 aliphatic rings. The van der Waals surface area contributed by atoms with Crippen molar-refractivity contribution in [1.82, 2.24) is 0 Å². The summed E-state index contributed by atoms with van der Waals surface area (Å²) in [6, 6.07) is 7.16. The zero-order chi connectivity index (χ0) is 19.3. The normalized spacial score (nSPS) is 13.2. The molecule has 0 heterocycles. The smallest absolute Gasteiger partial charge is 0.371 e. The number of hydrogen-bond acceptors (Lipinski definition) is 5. The van der Waals surface area contributed by atoms with Crippen molar-refractivity contribution in [2.75, 3.05) is 0 Å². The van der Waals surface area contributed by atoms with Gasteiger partial charge in [0.05, 0.1) is 4.90 Å². The van der Waals surface area contributed by atoms with Gasteiger partial charge in [0, 0.05) is 35.0 Å². The molecule has 0 fully saturated rings. The number of rotatable bonds is 10. The molecule has 144 valence electrons. The summed E-state index contributed by atoms with van der Waals surface area (Å²) in [5.74, 6) is 0. The van der Waals surface area contributed by atoms with Gasteiger partial charge in [-0.25, -0.2) is 8.42 Å². The van der Waals surface area contributed by atoms with E-state index in [0.717, 1.165) is 5.56 Å². The van der Waals surface area contributed by atoms with Crippen molar-refractivity contribution in [2.45, 2.75) is 77.2 Å². The molecule has 0 aromatic heterocycles. The molecule has 0 amide bonds. The van der Waals surface area contributed by atoms with Crippen LogP contribution in [0.1, 0.15) is 47.1 Å². The van der Waals surface area contributed by atoms with Crippen molar-refractivity contribution >= 4 is 28.5 Å². The maximum Gasteiger partial charge on any atom is 0.501 e. The lowest BCUT2D eigenvalue weighted by Crippen LogP contribution is -2.51. The Kier molecular flexibility index (Phi) is 8.57. The van der Waals surface area contributed by atoms with Gasteiger partial charge < -0.3 is 13.3 Å². The zero-order valence-corrected chi connectivity index (χ0v) is 18.4. The predicted octanol–water partition coefficient (Wildman–Crippen LogP) is 4.37. The molecule has 1 aromatic carbocycles. The van der Waals surface area contributed by atoms with Gasteiger partial charge in [0.25, 0.3) is 9.05 Å². The van der Waals surface area contributed by atoms with E-state index in [4.69, 9.17) is 24.0 Å². The molecule has 0 atom stereocenters. The predicted molar refractivity (Wildman–Crippen MR) is 102 cm³/mol. The molecule has 5 nitrogen and oxygen atoms in total. The topological polar surface area (TPSA) is 61.8 Å². The fourth-order valence-corrected chi connectivity index (χ4v) is 6.49. The first kappa shape index (κ1) is 22.6. The van der Waals surface area contributed by atoms with Crippen LogP contribution in [-0.4, -0.2) is 35.5 Å². The monoisotopic (exact) mass is 408 g/mol. The number of halogens is 1. The van der Waals surface area contributed by atoms with Crippen LogP contribution < -0.4 is 0 Å². The first-order valence-electron chi connectivity index (χ1n) is 8.50. The van der Waals surface area contributed by atoms with E-state index in [-0.39, 0.29) is 23.2 Å². The minimum Gasteiger partial charge on any atom is -0.371 e. The average Bonchev–Trinajstić information content (AvgIpc) is 2.42. The highest BCUT2D eigenvalue weighted by atomic mass is 35.7. The summed E-state index contributed by atoms with van der Waals surface area (Å²) < 4.78 is 41.1. The van der Waals surface area contributed by atoms with E-state index in [1.807, 2.05) is 41.5 Å². The van der Waals surface area contributed by atoms with E-state index < -0.39 is 17.9 Å². The Labute approximate surface area is 157 Å². The molecule has 1 aromatic rings. The molecule has 0 aliphatic heterocycles. The van der Waals surface area contributed by atoms with Gasteiger partial charge in [0.15, 0.2) is 0 Å². The van der Waals surface area contributed by atoms with Gasteiger partial charge in [-0.2, -0.15) is 0 Å². The summed E-state index contributed by atoms with van der Waals surface area (Å²) in [6.07, 6.45) is 0.648. The van der Waals surface area contributed by atoms with Gasteiger partial charge in [-0.3, -0.25) is 0 Å². The Balaban J connectivity index is 2.96. The molecule has 25 heavy (non-hydrogen) atoms. The second-order valence-electron chi connectivity index (χ2n) is 6.76. The van der Waals surface area contributed by atoms with E-state index in [1.54, 1.807) is 12.1 Å². The van der Waals surface area contributed by atoms with Crippen LogP contribution in [0.2, 0.25) is 6.04 Å². The lowest BCUT2D eigenvalue weighted by Gasteiger charge is -2.34. The Morgan fingerprint density at radius 3 is 1.60 bits per heavy atom. The van der Waals surface area contributed by atoms with Crippen LogP contribution in [0.5, 0.6) is 0 Å². The van der Waals surface area contributed by atoms with Gasteiger partial charge in [0.1, 0.15) is 0 Å². The molecule has 0 spiro atoms. The third kappa shape index (κ3) is 8.19. The molecule has 0 unspecified atom stereocenters. The molecule has 0 bridgehead atoms. The fraction of sp³-hybridized carbons (Fsp3) is 0.647.